The number of primary amides is 1. The van der Waals surface area contributed by atoms with Crippen LogP contribution in [0.1, 0.15) is 41.9 Å². The fourth-order valence-electron chi connectivity index (χ4n) is 2.30. The molecule has 1 aliphatic heterocycles. The molecule has 6 N–H and O–H groups in total. The minimum absolute atomic E-state index is 0.0636. The second kappa shape index (κ2) is 6.57. The topological polar surface area (TPSA) is 137 Å². The van der Waals surface area contributed by atoms with E-state index in [0.717, 1.165) is 25.9 Å². The van der Waals surface area contributed by atoms with Crippen molar-refractivity contribution in [2.75, 3.05) is 18.0 Å². The molecular formula is C12H18ClN7O. The Morgan fingerprint density at radius 3 is 2.24 bits per heavy atom. The van der Waals surface area contributed by atoms with E-state index < -0.39 is 5.91 Å². The van der Waals surface area contributed by atoms with Crippen molar-refractivity contribution >= 4 is 29.2 Å². The van der Waals surface area contributed by atoms with Gasteiger partial charge in [-0.3, -0.25) is 4.79 Å². The average Bonchev–Trinajstić information content (AvgIpc) is 2.75. The third-order valence-electron chi connectivity index (χ3n) is 3.36. The Bertz CT molecular complexity index is 567. The molecule has 0 unspecified atom stereocenters. The molecule has 0 aromatic carbocycles. The summed E-state index contributed by atoms with van der Waals surface area (Å²) in [5, 5.41) is 3.48. The molecule has 0 radical (unpaired) electrons. The SMILES string of the molecule is NN=C(N)c1nc(N2CCCCCC2)c(Cl)nc1C(N)=O. The summed E-state index contributed by atoms with van der Waals surface area (Å²) in [4.78, 5) is 21.8. The zero-order valence-corrected chi connectivity index (χ0v) is 12.3. The van der Waals surface area contributed by atoms with Gasteiger partial charge >= 0.3 is 0 Å². The number of anilines is 1. The van der Waals surface area contributed by atoms with Crippen LogP contribution in [0.5, 0.6) is 0 Å². The number of hydrogen-bond acceptors (Lipinski definition) is 6. The van der Waals surface area contributed by atoms with Crippen molar-refractivity contribution in [2.45, 2.75) is 25.7 Å². The predicted molar refractivity (Wildman–Crippen MR) is 81.2 cm³/mol. The van der Waals surface area contributed by atoms with Crippen LogP contribution in [0.2, 0.25) is 5.15 Å². The Labute approximate surface area is 127 Å². The summed E-state index contributed by atoms with van der Waals surface area (Å²) in [7, 11) is 0. The Balaban J connectivity index is 2.49. The lowest BCUT2D eigenvalue weighted by Crippen LogP contribution is -2.30. The highest BCUT2D eigenvalue weighted by Gasteiger charge is 2.22. The van der Waals surface area contributed by atoms with Crippen LogP contribution < -0.4 is 22.2 Å². The van der Waals surface area contributed by atoms with Gasteiger partial charge < -0.3 is 22.2 Å². The quantitative estimate of drug-likeness (QED) is 0.315. The summed E-state index contributed by atoms with van der Waals surface area (Å²) in [5.41, 5.74) is 10.9. The number of nitrogens with zero attached hydrogens (tertiary/aromatic N) is 4. The molecule has 1 fully saturated rings. The number of halogens is 1. The molecule has 0 atom stereocenters. The number of nitrogens with two attached hydrogens (primary N) is 3. The van der Waals surface area contributed by atoms with E-state index in [4.69, 9.17) is 28.9 Å². The van der Waals surface area contributed by atoms with Crippen LogP contribution in [0, 0.1) is 0 Å². The molecule has 1 amide bonds. The van der Waals surface area contributed by atoms with Gasteiger partial charge in [0.2, 0.25) is 0 Å². The first-order chi connectivity index (χ1) is 10.0. The molecule has 9 heteroatoms. The van der Waals surface area contributed by atoms with Gasteiger partial charge in [-0.1, -0.05) is 24.4 Å². The van der Waals surface area contributed by atoms with Crippen molar-refractivity contribution in [3.63, 3.8) is 0 Å². The highest BCUT2D eigenvalue weighted by atomic mass is 35.5. The molecule has 2 rings (SSSR count). The van der Waals surface area contributed by atoms with E-state index >= 15 is 0 Å². The molecule has 114 valence electrons. The minimum Gasteiger partial charge on any atom is -0.380 e. The summed E-state index contributed by atoms with van der Waals surface area (Å²) in [5.74, 6) is 4.75. The van der Waals surface area contributed by atoms with Gasteiger partial charge in [0, 0.05) is 13.1 Å². The maximum Gasteiger partial charge on any atom is 0.269 e. The van der Waals surface area contributed by atoms with Crippen LogP contribution in [-0.2, 0) is 0 Å². The van der Waals surface area contributed by atoms with Crippen LogP contribution in [0.25, 0.3) is 0 Å². The molecule has 1 aromatic rings. The van der Waals surface area contributed by atoms with E-state index in [1.165, 1.54) is 12.8 Å². The van der Waals surface area contributed by atoms with Crippen LogP contribution in [0.4, 0.5) is 5.82 Å². The van der Waals surface area contributed by atoms with Crippen molar-refractivity contribution in [3.05, 3.63) is 16.5 Å². The van der Waals surface area contributed by atoms with Gasteiger partial charge in [-0.15, -0.1) is 0 Å². The lowest BCUT2D eigenvalue weighted by Gasteiger charge is -2.23. The summed E-state index contributed by atoms with van der Waals surface area (Å²) in [6.45, 7) is 1.65. The van der Waals surface area contributed by atoms with Crippen LogP contribution >= 0.6 is 11.6 Å². The standard InChI is InChI=1S/C12H18ClN7O/c13-9-12(20-5-3-1-2-4-6-20)18-7(10(14)19-16)8(17-9)11(15)21/h1-6,16H2,(H2,14,19)(H2,15,21). The molecule has 1 saturated heterocycles. The van der Waals surface area contributed by atoms with Gasteiger partial charge in [0.05, 0.1) is 0 Å². The summed E-state index contributed by atoms with van der Waals surface area (Å²) in [6, 6.07) is 0. The Morgan fingerprint density at radius 1 is 1.10 bits per heavy atom. The highest BCUT2D eigenvalue weighted by Crippen LogP contribution is 2.25. The van der Waals surface area contributed by atoms with Gasteiger partial charge in [0.15, 0.2) is 22.5 Å². The van der Waals surface area contributed by atoms with Crippen molar-refractivity contribution in [1.29, 1.82) is 0 Å². The molecule has 0 saturated carbocycles. The van der Waals surface area contributed by atoms with E-state index in [1.807, 2.05) is 4.90 Å². The molecule has 8 nitrogen and oxygen atoms in total. The van der Waals surface area contributed by atoms with Gasteiger partial charge in [-0.05, 0) is 12.8 Å². The zero-order chi connectivity index (χ0) is 15.4. The van der Waals surface area contributed by atoms with Gasteiger partial charge in [0.25, 0.3) is 5.91 Å². The van der Waals surface area contributed by atoms with Gasteiger partial charge in [0.1, 0.15) is 5.69 Å². The normalized spacial score (nSPS) is 16.6. The molecule has 0 spiro atoms. The smallest absolute Gasteiger partial charge is 0.269 e. The maximum atomic E-state index is 11.4. The fraction of sp³-hybridized carbons (Fsp3) is 0.500. The van der Waals surface area contributed by atoms with Crippen molar-refractivity contribution < 1.29 is 4.79 Å². The third kappa shape index (κ3) is 3.33. The number of aromatic nitrogens is 2. The van der Waals surface area contributed by atoms with E-state index in [0.29, 0.717) is 5.82 Å². The minimum atomic E-state index is -0.784. The molecule has 0 aliphatic carbocycles. The molecule has 0 bridgehead atoms. The number of hydrazone groups is 1. The van der Waals surface area contributed by atoms with Crippen LogP contribution in [0.3, 0.4) is 0 Å². The number of rotatable bonds is 3. The zero-order valence-electron chi connectivity index (χ0n) is 11.5. The van der Waals surface area contributed by atoms with E-state index in [9.17, 15) is 4.79 Å². The third-order valence-corrected chi connectivity index (χ3v) is 3.61. The number of carbonyl (C=O) groups excluding carboxylic acids is 1. The number of amides is 1. The van der Waals surface area contributed by atoms with Crippen LogP contribution in [-0.4, -0.2) is 34.8 Å². The summed E-state index contributed by atoms with van der Waals surface area (Å²) < 4.78 is 0. The first-order valence-electron chi connectivity index (χ1n) is 6.70. The van der Waals surface area contributed by atoms with E-state index in [-0.39, 0.29) is 22.4 Å². The number of hydrogen-bond donors (Lipinski definition) is 3. The number of carbonyl (C=O) groups is 1. The Hall–Kier alpha value is -2.09. The number of amidine groups is 1. The molecule has 2 heterocycles. The van der Waals surface area contributed by atoms with Crippen molar-refractivity contribution in [3.8, 4) is 0 Å². The van der Waals surface area contributed by atoms with Crippen molar-refractivity contribution in [1.82, 2.24) is 9.97 Å². The van der Waals surface area contributed by atoms with E-state index in [1.54, 1.807) is 0 Å². The fourth-order valence-corrected chi connectivity index (χ4v) is 2.55. The second-order valence-electron chi connectivity index (χ2n) is 4.82. The van der Waals surface area contributed by atoms with Gasteiger partial charge in [-0.25, -0.2) is 9.97 Å². The molecule has 1 aromatic heterocycles. The Morgan fingerprint density at radius 2 is 1.71 bits per heavy atom. The average molecular weight is 312 g/mol. The van der Waals surface area contributed by atoms with Gasteiger partial charge in [-0.2, -0.15) is 5.10 Å². The lowest BCUT2D eigenvalue weighted by molar-refractivity contribution is 0.0995. The van der Waals surface area contributed by atoms with Crippen molar-refractivity contribution in [2.24, 2.45) is 22.4 Å². The largest absolute Gasteiger partial charge is 0.380 e. The maximum absolute atomic E-state index is 11.4. The molecule has 1 aliphatic rings. The first-order valence-corrected chi connectivity index (χ1v) is 7.08. The predicted octanol–water partition coefficient (Wildman–Crippen LogP) is 0.188. The summed E-state index contributed by atoms with van der Waals surface area (Å²) in [6.07, 6.45) is 4.43. The molecular weight excluding hydrogens is 294 g/mol. The van der Waals surface area contributed by atoms with Crippen LogP contribution in [0.15, 0.2) is 5.10 Å². The first kappa shape index (κ1) is 15.3. The monoisotopic (exact) mass is 311 g/mol. The lowest BCUT2D eigenvalue weighted by atomic mass is 10.2. The Kier molecular flexibility index (Phi) is 4.79. The molecule has 21 heavy (non-hydrogen) atoms. The summed E-state index contributed by atoms with van der Waals surface area (Å²) >= 11 is 6.14. The highest BCUT2D eigenvalue weighted by molar-refractivity contribution is 6.32. The second-order valence-corrected chi connectivity index (χ2v) is 5.17. The van der Waals surface area contributed by atoms with E-state index in [2.05, 4.69) is 15.1 Å².